The lowest BCUT2D eigenvalue weighted by Gasteiger charge is -2.40. The first-order valence-electron chi connectivity index (χ1n) is 10.1. The van der Waals surface area contributed by atoms with Crippen LogP contribution in [0.15, 0.2) is 4.99 Å². The minimum absolute atomic E-state index is 0. The Balaban J connectivity index is 0.00000392. The Kier molecular flexibility index (Phi) is 10.8. The van der Waals surface area contributed by atoms with Crippen molar-refractivity contribution >= 4 is 36.0 Å². The number of unbranched alkanes of at least 4 members (excludes halogenated alkanes) is 1. The van der Waals surface area contributed by atoms with Crippen molar-refractivity contribution in [2.75, 3.05) is 66.5 Å². The van der Waals surface area contributed by atoms with E-state index in [0.29, 0.717) is 13.1 Å². The molecule has 2 fully saturated rings. The number of piperazine rings is 1. The fourth-order valence-electron chi connectivity index (χ4n) is 3.17. The number of hydrogen-bond donors (Lipinski definition) is 2. The summed E-state index contributed by atoms with van der Waals surface area (Å²) in [6.45, 7) is 13.8. The third-order valence-corrected chi connectivity index (χ3v) is 4.89. The maximum Gasteiger partial charge on any atom is 0.410 e. The van der Waals surface area contributed by atoms with Crippen molar-refractivity contribution in [3.05, 3.63) is 0 Å². The number of nitrogens with zero attached hydrogens (tertiary/aromatic N) is 4. The summed E-state index contributed by atoms with van der Waals surface area (Å²) in [5.41, 5.74) is -0.447. The maximum absolute atomic E-state index is 12.0. The van der Waals surface area contributed by atoms with Gasteiger partial charge in [-0.25, -0.2) is 4.79 Å². The molecule has 2 heterocycles. The Morgan fingerprint density at radius 2 is 1.79 bits per heavy atom. The fraction of sp³-hybridized carbons (Fsp3) is 0.895. The number of carbonyl (C=O) groups excluding carboxylic acids is 1. The molecular weight excluding hydrogens is 471 g/mol. The zero-order valence-electron chi connectivity index (χ0n) is 18.2. The van der Waals surface area contributed by atoms with Gasteiger partial charge in [-0.2, -0.15) is 0 Å². The predicted molar refractivity (Wildman–Crippen MR) is 125 cm³/mol. The molecular formula is C19H39IN6O2. The van der Waals surface area contributed by atoms with Crippen LogP contribution in [0.25, 0.3) is 0 Å². The van der Waals surface area contributed by atoms with Crippen LogP contribution in [0, 0.1) is 0 Å². The predicted octanol–water partition coefficient (Wildman–Crippen LogP) is 1.42. The summed E-state index contributed by atoms with van der Waals surface area (Å²) in [7, 11) is 3.97. The second-order valence-corrected chi connectivity index (χ2v) is 8.58. The molecule has 0 aromatic rings. The van der Waals surface area contributed by atoms with Gasteiger partial charge in [0.25, 0.3) is 0 Å². The number of hydrogen-bond acceptors (Lipinski definition) is 5. The number of likely N-dealkylation sites (N-methyl/N-ethyl adjacent to an activating group) is 1. The molecule has 0 aromatic heterocycles. The molecule has 8 nitrogen and oxygen atoms in total. The average Bonchev–Trinajstić information content (AvgIpc) is 2.55. The lowest BCUT2D eigenvalue weighted by Crippen LogP contribution is -2.63. The minimum atomic E-state index is -0.447. The first kappa shape index (κ1) is 25.2. The van der Waals surface area contributed by atoms with Crippen LogP contribution in [0.1, 0.15) is 33.6 Å². The molecule has 0 radical (unpaired) electrons. The highest BCUT2D eigenvalue weighted by Crippen LogP contribution is 2.15. The molecule has 0 bridgehead atoms. The van der Waals surface area contributed by atoms with Crippen LogP contribution < -0.4 is 10.6 Å². The Labute approximate surface area is 187 Å². The number of likely N-dealkylation sites (tertiary alicyclic amines) is 1. The molecule has 0 aromatic carbocycles. The van der Waals surface area contributed by atoms with Gasteiger partial charge in [0.05, 0.1) is 6.04 Å². The molecule has 0 unspecified atom stereocenters. The van der Waals surface area contributed by atoms with Crippen molar-refractivity contribution in [3.8, 4) is 0 Å². The third-order valence-electron chi connectivity index (χ3n) is 4.89. The summed E-state index contributed by atoms with van der Waals surface area (Å²) >= 11 is 0. The Hall–Kier alpha value is -0.810. The van der Waals surface area contributed by atoms with E-state index in [2.05, 4.69) is 32.5 Å². The number of rotatable bonds is 6. The van der Waals surface area contributed by atoms with Gasteiger partial charge < -0.3 is 30.1 Å². The van der Waals surface area contributed by atoms with Gasteiger partial charge in [-0.15, -0.1) is 24.0 Å². The van der Waals surface area contributed by atoms with E-state index in [0.717, 1.165) is 18.9 Å². The maximum atomic E-state index is 12.0. The molecule has 164 valence electrons. The zero-order valence-corrected chi connectivity index (χ0v) is 20.5. The van der Waals surface area contributed by atoms with E-state index >= 15 is 0 Å². The topological polar surface area (TPSA) is 72.4 Å². The Bertz CT molecular complexity index is 497. The summed E-state index contributed by atoms with van der Waals surface area (Å²) in [4.78, 5) is 22.9. The molecule has 2 aliphatic rings. The van der Waals surface area contributed by atoms with Gasteiger partial charge in [0.2, 0.25) is 0 Å². The summed E-state index contributed by atoms with van der Waals surface area (Å²) in [5.74, 6) is 0.809. The standard InChI is InChI=1S/C19H38N6O2.HI/c1-19(2,3)27-18(26)25-14-16(15-25)22-17(20-4)21-8-6-7-9-24-12-10-23(5)11-13-24;/h16H,6-15H2,1-5H3,(H2,20,21,22);1H. The van der Waals surface area contributed by atoms with Gasteiger partial charge in [-0.1, -0.05) is 0 Å². The van der Waals surface area contributed by atoms with E-state index in [-0.39, 0.29) is 36.1 Å². The molecule has 0 saturated carbocycles. The van der Waals surface area contributed by atoms with E-state index in [4.69, 9.17) is 4.74 Å². The van der Waals surface area contributed by atoms with Crippen LogP contribution in [0.2, 0.25) is 0 Å². The van der Waals surface area contributed by atoms with E-state index in [9.17, 15) is 4.79 Å². The van der Waals surface area contributed by atoms with Gasteiger partial charge in [-0.05, 0) is 47.2 Å². The number of halogens is 1. The summed E-state index contributed by atoms with van der Waals surface area (Å²) in [6.07, 6.45) is 2.08. The fourth-order valence-corrected chi connectivity index (χ4v) is 3.17. The number of amides is 1. The number of aliphatic imine (C=N–C) groups is 1. The van der Waals surface area contributed by atoms with Crippen LogP contribution in [-0.4, -0.2) is 105 Å². The van der Waals surface area contributed by atoms with Crippen LogP contribution in [0.3, 0.4) is 0 Å². The van der Waals surface area contributed by atoms with E-state index < -0.39 is 5.60 Å². The molecule has 28 heavy (non-hydrogen) atoms. The van der Waals surface area contributed by atoms with Crippen molar-refractivity contribution in [2.24, 2.45) is 4.99 Å². The number of ether oxygens (including phenoxy) is 1. The van der Waals surface area contributed by atoms with Gasteiger partial charge in [0.15, 0.2) is 5.96 Å². The summed E-state index contributed by atoms with van der Waals surface area (Å²) in [5, 5.41) is 6.74. The van der Waals surface area contributed by atoms with Crippen LogP contribution in [0.4, 0.5) is 4.79 Å². The minimum Gasteiger partial charge on any atom is -0.444 e. The van der Waals surface area contributed by atoms with Gasteiger partial charge in [-0.3, -0.25) is 4.99 Å². The molecule has 0 spiro atoms. The largest absolute Gasteiger partial charge is 0.444 e. The molecule has 9 heteroatoms. The zero-order chi connectivity index (χ0) is 19.9. The Morgan fingerprint density at radius 1 is 1.14 bits per heavy atom. The van der Waals surface area contributed by atoms with E-state index in [1.54, 1.807) is 11.9 Å². The lowest BCUT2D eigenvalue weighted by atomic mass is 10.1. The smallest absolute Gasteiger partial charge is 0.410 e. The average molecular weight is 510 g/mol. The first-order valence-corrected chi connectivity index (χ1v) is 10.1. The van der Waals surface area contributed by atoms with Gasteiger partial charge in [0, 0.05) is 52.9 Å². The van der Waals surface area contributed by atoms with Crippen molar-refractivity contribution in [1.29, 1.82) is 0 Å². The number of carbonyl (C=O) groups is 1. The van der Waals surface area contributed by atoms with Crippen molar-refractivity contribution in [1.82, 2.24) is 25.3 Å². The van der Waals surface area contributed by atoms with Gasteiger partial charge in [0.1, 0.15) is 5.60 Å². The summed E-state index contributed by atoms with van der Waals surface area (Å²) < 4.78 is 5.38. The molecule has 1 amide bonds. The quantitative estimate of drug-likeness (QED) is 0.244. The number of nitrogens with one attached hydrogen (secondary N) is 2. The number of guanidine groups is 1. The second-order valence-electron chi connectivity index (χ2n) is 8.58. The van der Waals surface area contributed by atoms with Crippen molar-refractivity contribution < 1.29 is 9.53 Å². The van der Waals surface area contributed by atoms with Crippen molar-refractivity contribution in [3.63, 3.8) is 0 Å². The van der Waals surface area contributed by atoms with E-state index in [1.807, 2.05) is 20.8 Å². The first-order chi connectivity index (χ1) is 12.8. The highest BCUT2D eigenvalue weighted by molar-refractivity contribution is 14.0. The highest BCUT2D eigenvalue weighted by Gasteiger charge is 2.34. The molecule has 2 N–H and O–H groups in total. The normalized spacial score (nSPS) is 19.6. The molecule has 2 rings (SSSR count). The molecule has 2 aliphatic heterocycles. The van der Waals surface area contributed by atoms with E-state index in [1.165, 1.54) is 39.1 Å². The molecule has 2 saturated heterocycles. The summed E-state index contributed by atoms with van der Waals surface area (Å²) in [6, 6.07) is 0.231. The molecule has 0 aliphatic carbocycles. The SMILES string of the molecule is CN=C(NCCCCN1CCN(C)CC1)NC1CN(C(=O)OC(C)(C)C)C1.I. The van der Waals surface area contributed by atoms with Gasteiger partial charge >= 0.3 is 6.09 Å². The van der Waals surface area contributed by atoms with Crippen LogP contribution in [-0.2, 0) is 4.74 Å². The highest BCUT2D eigenvalue weighted by atomic mass is 127. The molecule has 0 atom stereocenters. The van der Waals surface area contributed by atoms with Crippen LogP contribution in [0.5, 0.6) is 0 Å². The monoisotopic (exact) mass is 510 g/mol. The Morgan fingerprint density at radius 3 is 2.36 bits per heavy atom. The van der Waals surface area contributed by atoms with Crippen LogP contribution >= 0.6 is 24.0 Å². The lowest BCUT2D eigenvalue weighted by molar-refractivity contribution is 0.00701. The second kappa shape index (κ2) is 12.0. The van der Waals surface area contributed by atoms with Crippen molar-refractivity contribution in [2.45, 2.75) is 45.3 Å². The third kappa shape index (κ3) is 9.13.